The standard InChI is InChI=1S/C18H25N5O/c1-13-5-6-16(24-4)15(11-13)20-18-19-14(2)12-17(21-18)23-9-7-22(3)8-10-23/h5-6,11-12H,7-10H2,1-4H3,(H,19,20,21). The summed E-state index contributed by atoms with van der Waals surface area (Å²) >= 11 is 0. The third-order valence-corrected chi connectivity index (χ3v) is 4.27. The number of ether oxygens (including phenoxy) is 1. The van der Waals surface area contributed by atoms with Gasteiger partial charge in [-0.05, 0) is 38.6 Å². The molecule has 0 amide bonds. The van der Waals surface area contributed by atoms with E-state index in [1.54, 1.807) is 7.11 Å². The van der Waals surface area contributed by atoms with Gasteiger partial charge >= 0.3 is 0 Å². The van der Waals surface area contributed by atoms with Gasteiger partial charge in [-0.2, -0.15) is 4.98 Å². The van der Waals surface area contributed by atoms with E-state index >= 15 is 0 Å². The van der Waals surface area contributed by atoms with E-state index in [1.165, 1.54) is 0 Å². The van der Waals surface area contributed by atoms with Crippen molar-refractivity contribution < 1.29 is 4.74 Å². The molecule has 1 N–H and O–H groups in total. The molecule has 3 rings (SSSR count). The molecule has 128 valence electrons. The van der Waals surface area contributed by atoms with E-state index in [-0.39, 0.29) is 0 Å². The van der Waals surface area contributed by atoms with E-state index < -0.39 is 0 Å². The molecule has 0 unspecified atom stereocenters. The molecule has 1 aromatic carbocycles. The molecule has 0 aliphatic carbocycles. The fraction of sp³-hybridized carbons (Fsp3) is 0.444. The summed E-state index contributed by atoms with van der Waals surface area (Å²) < 4.78 is 5.43. The Hall–Kier alpha value is -2.34. The van der Waals surface area contributed by atoms with Crippen molar-refractivity contribution in [2.45, 2.75) is 13.8 Å². The Balaban J connectivity index is 1.85. The van der Waals surface area contributed by atoms with Crippen LogP contribution in [0.15, 0.2) is 24.3 Å². The quantitative estimate of drug-likeness (QED) is 0.931. The highest BCUT2D eigenvalue weighted by Crippen LogP contribution is 2.28. The summed E-state index contributed by atoms with van der Waals surface area (Å²) in [4.78, 5) is 13.9. The number of methoxy groups -OCH3 is 1. The SMILES string of the molecule is COc1ccc(C)cc1Nc1nc(C)cc(N2CCN(C)CC2)n1. The zero-order chi connectivity index (χ0) is 17.1. The van der Waals surface area contributed by atoms with Crippen LogP contribution in [0.1, 0.15) is 11.3 Å². The maximum atomic E-state index is 5.43. The number of benzene rings is 1. The predicted molar refractivity (Wildman–Crippen MR) is 97.5 cm³/mol. The zero-order valence-electron chi connectivity index (χ0n) is 14.8. The summed E-state index contributed by atoms with van der Waals surface area (Å²) in [6, 6.07) is 8.07. The third-order valence-electron chi connectivity index (χ3n) is 4.27. The molecule has 1 aliphatic heterocycles. The topological polar surface area (TPSA) is 53.5 Å². The number of nitrogens with one attached hydrogen (secondary N) is 1. The summed E-state index contributed by atoms with van der Waals surface area (Å²) in [5.41, 5.74) is 2.99. The summed E-state index contributed by atoms with van der Waals surface area (Å²) in [6.45, 7) is 8.13. The van der Waals surface area contributed by atoms with E-state index in [0.29, 0.717) is 5.95 Å². The smallest absolute Gasteiger partial charge is 0.229 e. The van der Waals surface area contributed by atoms with Crippen LogP contribution in [-0.4, -0.2) is 55.2 Å². The van der Waals surface area contributed by atoms with Gasteiger partial charge in [0, 0.05) is 37.9 Å². The lowest BCUT2D eigenvalue weighted by Crippen LogP contribution is -2.44. The average Bonchev–Trinajstić information content (AvgIpc) is 2.55. The number of hydrogen-bond acceptors (Lipinski definition) is 6. The lowest BCUT2D eigenvalue weighted by atomic mass is 10.2. The number of hydrogen-bond donors (Lipinski definition) is 1. The van der Waals surface area contributed by atoms with Crippen molar-refractivity contribution in [3.63, 3.8) is 0 Å². The number of likely N-dealkylation sites (N-methyl/N-ethyl adjacent to an activating group) is 1. The number of aryl methyl sites for hydroxylation is 2. The van der Waals surface area contributed by atoms with Crippen molar-refractivity contribution in [3.8, 4) is 5.75 Å². The highest BCUT2D eigenvalue weighted by atomic mass is 16.5. The van der Waals surface area contributed by atoms with E-state index in [2.05, 4.69) is 34.1 Å². The lowest BCUT2D eigenvalue weighted by molar-refractivity contribution is 0.312. The molecule has 6 heteroatoms. The maximum absolute atomic E-state index is 5.43. The van der Waals surface area contributed by atoms with Crippen molar-refractivity contribution >= 4 is 17.5 Å². The van der Waals surface area contributed by atoms with Crippen LogP contribution in [0, 0.1) is 13.8 Å². The lowest BCUT2D eigenvalue weighted by Gasteiger charge is -2.33. The van der Waals surface area contributed by atoms with E-state index in [4.69, 9.17) is 9.72 Å². The molecule has 0 bridgehead atoms. The Labute approximate surface area is 143 Å². The molecular formula is C18H25N5O. The van der Waals surface area contributed by atoms with Crippen molar-refractivity contribution in [2.24, 2.45) is 0 Å². The Morgan fingerprint density at radius 1 is 1.04 bits per heavy atom. The zero-order valence-corrected chi connectivity index (χ0v) is 14.8. The first-order chi connectivity index (χ1) is 11.5. The van der Waals surface area contributed by atoms with Gasteiger partial charge in [-0.25, -0.2) is 4.98 Å². The van der Waals surface area contributed by atoms with Crippen molar-refractivity contribution in [1.82, 2.24) is 14.9 Å². The second kappa shape index (κ2) is 7.05. The van der Waals surface area contributed by atoms with Gasteiger partial charge in [0.15, 0.2) is 0 Å². The van der Waals surface area contributed by atoms with Crippen molar-refractivity contribution in [3.05, 3.63) is 35.5 Å². The number of nitrogens with zero attached hydrogens (tertiary/aromatic N) is 4. The first kappa shape index (κ1) is 16.5. The summed E-state index contributed by atoms with van der Waals surface area (Å²) in [6.07, 6.45) is 0. The molecule has 24 heavy (non-hydrogen) atoms. The number of rotatable bonds is 4. The second-order valence-corrected chi connectivity index (χ2v) is 6.31. The molecule has 0 radical (unpaired) electrons. The fourth-order valence-corrected chi connectivity index (χ4v) is 2.85. The Morgan fingerprint density at radius 2 is 1.79 bits per heavy atom. The fourth-order valence-electron chi connectivity index (χ4n) is 2.85. The van der Waals surface area contributed by atoms with Gasteiger partial charge < -0.3 is 19.9 Å². The minimum absolute atomic E-state index is 0.604. The second-order valence-electron chi connectivity index (χ2n) is 6.31. The molecule has 0 saturated carbocycles. The van der Waals surface area contributed by atoms with Gasteiger partial charge in [0.25, 0.3) is 0 Å². The summed E-state index contributed by atoms with van der Waals surface area (Å²) in [5, 5.41) is 3.31. The monoisotopic (exact) mass is 327 g/mol. The van der Waals surface area contributed by atoms with Gasteiger partial charge in [0.1, 0.15) is 11.6 Å². The van der Waals surface area contributed by atoms with Gasteiger partial charge in [-0.3, -0.25) is 0 Å². The van der Waals surface area contributed by atoms with Gasteiger partial charge in [0.05, 0.1) is 12.8 Å². The van der Waals surface area contributed by atoms with Crippen LogP contribution in [0.25, 0.3) is 0 Å². The van der Waals surface area contributed by atoms with Crippen LogP contribution in [0.5, 0.6) is 5.75 Å². The normalized spacial score (nSPS) is 15.4. The summed E-state index contributed by atoms with van der Waals surface area (Å²) in [7, 11) is 3.82. The molecule has 0 atom stereocenters. The molecule has 1 fully saturated rings. The van der Waals surface area contributed by atoms with E-state index in [9.17, 15) is 0 Å². The minimum Gasteiger partial charge on any atom is -0.495 e. The predicted octanol–water partition coefficient (Wildman–Crippen LogP) is 2.60. The summed E-state index contributed by atoms with van der Waals surface area (Å²) in [5.74, 6) is 2.37. The van der Waals surface area contributed by atoms with Crippen molar-refractivity contribution in [1.29, 1.82) is 0 Å². The minimum atomic E-state index is 0.604. The largest absolute Gasteiger partial charge is 0.495 e. The van der Waals surface area contributed by atoms with Gasteiger partial charge in [-0.1, -0.05) is 6.07 Å². The van der Waals surface area contributed by atoms with Crippen LogP contribution in [0.4, 0.5) is 17.5 Å². The first-order valence-electron chi connectivity index (χ1n) is 8.26. The molecule has 6 nitrogen and oxygen atoms in total. The molecular weight excluding hydrogens is 302 g/mol. The third kappa shape index (κ3) is 3.76. The number of aromatic nitrogens is 2. The van der Waals surface area contributed by atoms with E-state index in [0.717, 1.165) is 54.7 Å². The van der Waals surface area contributed by atoms with E-state index in [1.807, 2.05) is 31.2 Å². The molecule has 1 saturated heterocycles. The molecule has 2 heterocycles. The molecule has 2 aromatic rings. The highest BCUT2D eigenvalue weighted by molar-refractivity contribution is 5.64. The van der Waals surface area contributed by atoms with Gasteiger partial charge in [0.2, 0.25) is 5.95 Å². The highest BCUT2D eigenvalue weighted by Gasteiger charge is 2.17. The number of anilines is 3. The number of piperazine rings is 1. The Morgan fingerprint density at radius 3 is 2.50 bits per heavy atom. The Bertz CT molecular complexity index is 711. The average molecular weight is 327 g/mol. The van der Waals surface area contributed by atoms with Crippen LogP contribution >= 0.6 is 0 Å². The molecule has 0 spiro atoms. The molecule has 1 aliphatic rings. The van der Waals surface area contributed by atoms with Crippen molar-refractivity contribution in [2.75, 3.05) is 50.6 Å². The van der Waals surface area contributed by atoms with Crippen LogP contribution < -0.4 is 15.0 Å². The Kier molecular flexibility index (Phi) is 4.85. The van der Waals surface area contributed by atoms with Crippen LogP contribution in [0.2, 0.25) is 0 Å². The van der Waals surface area contributed by atoms with Gasteiger partial charge in [-0.15, -0.1) is 0 Å². The van der Waals surface area contributed by atoms with Crippen LogP contribution in [-0.2, 0) is 0 Å². The maximum Gasteiger partial charge on any atom is 0.229 e. The van der Waals surface area contributed by atoms with Crippen LogP contribution in [0.3, 0.4) is 0 Å². The first-order valence-corrected chi connectivity index (χ1v) is 8.26. The molecule has 1 aromatic heterocycles.